The molecule has 4 rings (SSSR count). The zero-order valence-corrected chi connectivity index (χ0v) is 20.7. The SMILES string of the molecule is CCCCN(Cn1ccnc1)C(Cc1cccc(Cl)c1Cl)(c1ccccc1)c1cccc(F)c1. The molecule has 176 valence electrons. The zero-order valence-electron chi connectivity index (χ0n) is 19.2. The highest BCUT2D eigenvalue weighted by Crippen LogP contribution is 2.42. The molecule has 1 atom stereocenters. The number of rotatable bonds is 10. The van der Waals surface area contributed by atoms with E-state index in [0.29, 0.717) is 23.1 Å². The highest BCUT2D eigenvalue weighted by atomic mass is 35.5. The van der Waals surface area contributed by atoms with E-state index in [9.17, 15) is 4.39 Å². The minimum absolute atomic E-state index is 0.270. The number of halogens is 3. The van der Waals surface area contributed by atoms with E-state index in [0.717, 1.165) is 36.1 Å². The molecule has 34 heavy (non-hydrogen) atoms. The minimum Gasteiger partial charge on any atom is -0.324 e. The van der Waals surface area contributed by atoms with E-state index in [4.69, 9.17) is 23.2 Å². The highest BCUT2D eigenvalue weighted by Gasteiger charge is 2.41. The molecule has 6 heteroatoms. The van der Waals surface area contributed by atoms with Crippen LogP contribution in [-0.4, -0.2) is 21.0 Å². The highest BCUT2D eigenvalue weighted by molar-refractivity contribution is 6.42. The van der Waals surface area contributed by atoms with E-state index in [2.05, 4.69) is 28.9 Å². The number of hydrogen-bond acceptors (Lipinski definition) is 2. The van der Waals surface area contributed by atoms with Gasteiger partial charge in [0.15, 0.2) is 0 Å². The Kier molecular flexibility index (Phi) is 8.04. The summed E-state index contributed by atoms with van der Waals surface area (Å²) in [4.78, 5) is 6.65. The van der Waals surface area contributed by atoms with Crippen LogP contribution in [0.4, 0.5) is 4.39 Å². The zero-order chi connectivity index (χ0) is 24.0. The van der Waals surface area contributed by atoms with Gasteiger partial charge in [0.1, 0.15) is 5.82 Å². The molecule has 3 aromatic carbocycles. The quantitative estimate of drug-likeness (QED) is 0.226. The van der Waals surface area contributed by atoms with Crippen LogP contribution in [0.5, 0.6) is 0 Å². The van der Waals surface area contributed by atoms with E-state index in [-0.39, 0.29) is 5.82 Å². The number of hydrogen-bond donors (Lipinski definition) is 0. The molecule has 0 spiro atoms. The van der Waals surface area contributed by atoms with Crippen LogP contribution in [0.25, 0.3) is 0 Å². The van der Waals surface area contributed by atoms with Crippen molar-refractivity contribution in [2.75, 3.05) is 6.54 Å². The first-order valence-electron chi connectivity index (χ1n) is 11.5. The predicted molar refractivity (Wildman–Crippen MR) is 138 cm³/mol. The molecule has 0 aliphatic heterocycles. The van der Waals surface area contributed by atoms with Gasteiger partial charge >= 0.3 is 0 Å². The standard InChI is InChI=1S/C28H28Cl2FN3/c1-2-3-16-34(21-33-17-15-32-20-33)28(23-10-5-4-6-11-23,24-12-8-13-25(31)18-24)19-22-9-7-14-26(29)27(22)30/h4-15,17-18,20H,2-3,16,19,21H2,1H3. The Balaban J connectivity index is 1.98. The monoisotopic (exact) mass is 495 g/mol. The van der Waals surface area contributed by atoms with Crippen molar-refractivity contribution in [3.05, 3.63) is 124 Å². The van der Waals surface area contributed by atoms with E-state index in [1.54, 1.807) is 24.4 Å². The van der Waals surface area contributed by atoms with Gasteiger partial charge in [-0.25, -0.2) is 9.37 Å². The van der Waals surface area contributed by atoms with Crippen LogP contribution in [0.2, 0.25) is 10.0 Å². The molecule has 3 nitrogen and oxygen atoms in total. The molecule has 0 bridgehead atoms. The molecule has 0 aliphatic carbocycles. The van der Waals surface area contributed by atoms with Crippen LogP contribution in [-0.2, 0) is 18.6 Å². The first kappa shape index (κ1) is 24.5. The molecular weight excluding hydrogens is 468 g/mol. The van der Waals surface area contributed by atoms with Gasteiger partial charge in [-0.05, 0) is 41.3 Å². The van der Waals surface area contributed by atoms with Crippen LogP contribution in [0.1, 0.15) is 36.5 Å². The molecule has 1 heterocycles. The average molecular weight is 496 g/mol. The summed E-state index contributed by atoms with van der Waals surface area (Å²) in [5, 5.41) is 1.04. The van der Waals surface area contributed by atoms with Crippen molar-refractivity contribution in [1.82, 2.24) is 14.5 Å². The van der Waals surface area contributed by atoms with Gasteiger partial charge in [-0.3, -0.25) is 4.90 Å². The Morgan fingerprint density at radius 3 is 2.44 bits per heavy atom. The predicted octanol–water partition coefficient (Wildman–Crippen LogP) is 7.58. The Labute approximate surface area is 210 Å². The Bertz CT molecular complexity index is 1200. The summed E-state index contributed by atoms with van der Waals surface area (Å²) in [7, 11) is 0. The second kappa shape index (κ2) is 11.2. The second-order valence-electron chi connectivity index (χ2n) is 8.46. The fraction of sp³-hybridized carbons (Fsp3) is 0.250. The first-order chi connectivity index (χ1) is 16.5. The molecular formula is C28H28Cl2FN3. The van der Waals surface area contributed by atoms with Crippen LogP contribution < -0.4 is 0 Å². The molecule has 0 aliphatic rings. The number of benzene rings is 3. The summed E-state index contributed by atoms with van der Waals surface area (Å²) in [6.45, 7) is 3.57. The van der Waals surface area contributed by atoms with Crippen LogP contribution in [0.15, 0.2) is 91.5 Å². The summed E-state index contributed by atoms with van der Waals surface area (Å²) >= 11 is 13.1. The lowest BCUT2D eigenvalue weighted by Crippen LogP contribution is -2.50. The fourth-order valence-corrected chi connectivity index (χ4v) is 4.95. The summed E-state index contributed by atoms with van der Waals surface area (Å²) in [5.74, 6) is -0.270. The van der Waals surface area contributed by atoms with E-state index < -0.39 is 5.54 Å². The number of unbranched alkanes of at least 4 members (excludes halogenated alkanes) is 1. The lowest BCUT2D eigenvalue weighted by atomic mass is 9.76. The summed E-state index contributed by atoms with van der Waals surface area (Å²) in [6.07, 6.45) is 8.09. The molecule has 4 aromatic rings. The topological polar surface area (TPSA) is 21.1 Å². The van der Waals surface area contributed by atoms with Crippen molar-refractivity contribution in [2.24, 2.45) is 0 Å². The van der Waals surface area contributed by atoms with E-state index in [1.165, 1.54) is 6.07 Å². The van der Waals surface area contributed by atoms with Crippen LogP contribution >= 0.6 is 23.2 Å². The molecule has 0 saturated carbocycles. The summed E-state index contributed by atoms with van der Waals surface area (Å²) in [6, 6.07) is 22.9. The Hall–Kier alpha value is -2.66. The third-order valence-electron chi connectivity index (χ3n) is 6.25. The lowest BCUT2D eigenvalue weighted by Gasteiger charge is -2.46. The molecule has 0 N–H and O–H groups in total. The van der Waals surface area contributed by atoms with Crippen molar-refractivity contribution in [2.45, 2.75) is 38.4 Å². The fourth-order valence-electron chi connectivity index (χ4n) is 4.57. The molecule has 0 fully saturated rings. The molecule has 1 unspecified atom stereocenters. The van der Waals surface area contributed by atoms with Gasteiger partial charge in [0.2, 0.25) is 0 Å². The van der Waals surface area contributed by atoms with Crippen LogP contribution in [0.3, 0.4) is 0 Å². The molecule has 1 aromatic heterocycles. The van der Waals surface area contributed by atoms with Crippen molar-refractivity contribution in [3.8, 4) is 0 Å². The average Bonchev–Trinajstić information content (AvgIpc) is 3.37. The van der Waals surface area contributed by atoms with Crippen molar-refractivity contribution >= 4 is 23.2 Å². The maximum Gasteiger partial charge on any atom is 0.123 e. The van der Waals surface area contributed by atoms with Crippen molar-refractivity contribution < 1.29 is 4.39 Å². The number of nitrogens with zero attached hydrogens (tertiary/aromatic N) is 3. The second-order valence-corrected chi connectivity index (χ2v) is 9.25. The maximum absolute atomic E-state index is 14.7. The number of aromatic nitrogens is 2. The molecule has 0 radical (unpaired) electrons. The first-order valence-corrected chi connectivity index (χ1v) is 12.3. The third kappa shape index (κ3) is 5.20. The van der Waals surface area contributed by atoms with Gasteiger partial charge in [-0.15, -0.1) is 0 Å². The largest absolute Gasteiger partial charge is 0.324 e. The Morgan fingerprint density at radius 1 is 0.971 bits per heavy atom. The van der Waals surface area contributed by atoms with Crippen molar-refractivity contribution in [3.63, 3.8) is 0 Å². The van der Waals surface area contributed by atoms with Gasteiger partial charge in [-0.2, -0.15) is 0 Å². The van der Waals surface area contributed by atoms with E-state index >= 15 is 0 Å². The van der Waals surface area contributed by atoms with Gasteiger partial charge in [0.25, 0.3) is 0 Å². The minimum atomic E-state index is -0.697. The Morgan fingerprint density at radius 2 is 1.74 bits per heavy atom. The number of imidazole rings is 1. The summed E-state index contributed by atoms with van der Waals surface area (Å²) < 4.78 is 16.8. The summed E-state index contributed by atoms with van der Waals surface area (Å²) in [5.41, 5.74) is 2.14. The smallest absolute Gasteiger partial charge is 0.123 e. The van der Waals surface area contributed by atoms with Crippen LogP contribution in [0, 0.1) is 5.82 Å². The van der Waals surface area contributed by atoms with Gasteiger partial charge in [0.05, 0.1) is 28.6 Å². The van der Waals surface area contributed by atoms with E-state index in [1.807, 2.05) is 53.5 Å². The van der Waals surface area contributed by atoms with Crippen molar-refractivity contribution in [1.29, 1.82) is 0 Å². The van der Waals surface area contributed by atoms with Gasteiger partial charge in [-0.1, -0.05) is 91.1 Å². The lowest BCUT2D eigenvalue weighted by molar-refractivity contribution is 0.0812. The maximum atomic E-state index is 14.7. The van der Waals surface area contributed by atoms with Gasteiger partial charge < -0.3 is 4.57 Å². The normalized spacial score (nSPS) is 13.2. The molecule has 0 saturated heterocycles. The molecule has 0 amide bonds. The van der Waals surface area contributed by atoms with Gasteiger partial charge in [0, 0.05) is 25.4 Å². The third-order valence-corrected chi connectivity index (χ3v) is 7.10.